The molecular weight excluding hydrogens is 597 g/mol. The van der Waals surface area contributed by atoms with Crippen molar-refractivity contribution in [1.29, 1.82) is 0 Å². The van der Waals surface area contributed by atoms with E-state index in [0.717, 1.165) is 55.4 Å². The Morgan fingerprint density at radius 1 is 0.327 bits per heavy atom. The fraction of sp³-hybridized carbons (Fsp3) is 0. The third-order valence-corrected chi connectivity index (χ3v) is 9.10. The van der Waals surface area contributed by atoms with Crippen molar-refractivity contribution in [1.82, 2.24) is 9.97 Å². The first-order chi connectivity index (χ1) is 24.3. The molecule has 0 unspecified atom stereocenters. The first kappa shape index (κ1) is 28.6. The van der Waals surface area contributed by atoms with Crippen LogP contribution in [0.15, 0.2) is 186 Å². The first-order valence-corrected chi connectivity index (χ1v) is 16.5. The predicted molar refractivity (Wildman–Crippen MR) is 202 cm³/mol. The lowest BCUT2D eigenvalue weighted by atomic mass is 9.95. The lowest BCUT2D eigenvalue weighted by Gasteiger charge is -2.11. The van der Waals surface area contributed by atoms with Crippen LogP contribution in [0.4, 0.5) is 0 Å². The Morgan fingerprint density at radius 2 is 0.735 bits per heavy atom. The molecule has 0 radical (unpaired) electrons. The molecule has 0 atom stereocenters. The van der Waals surface area contributed by atoms with Crippen LogP contribution in [0.1, 0.15) is 0 Å². The van der Waals surface area contributed by atoms with Gasteiger partial charge < -0.3 is 4.42 Å². The zero-order valence-corrected chi connectivity index (χ0v) is 26.6. The molecule has 0 N–H and O–H groups in total. The Kier molecular flexibility index (Phi) is 7.14. The predicted octanol–water partition coefficient (Wildman–Crippen LogP) is 12.4. The Hall–Kier alpha value is -6.58. The standard InChI is InChI=1S/C46H30N2O/c1-3-13-31(14-4-1)33-17-9-19-35(27-33)36-20-10-21-37(28-36)38-22-12-24-40(30-38)45-47-44(43-41-25-7-8-26-42(41)49-46(43)48-45)39-23-11-18-34(29-39)32-15-5-2-6-16-32/h1-30H. The van der Waals surface area contributed by atoms with Gasteiger partial charge in [-0.2, -0.15) is 4.98 Å². The van der Waals surface area contributed by atoms with E-state index < -0.39 is 0 Å². The molecule has 2 heterocycles. The molecule has 0 saturated heterocycles. The number of benzene rings is 7. The third-order valence-electron chi connectivity index (χ3n) is 9.10. The minimum atomic E-state index is 0.581. The SMILES string of the molecule is c1ccc(-c2cccc(-c3cccc(-c4cccc(-c5nc(-c6cccc(-c7ccccc7)c6)c6c(n5)oc5ccccc56)c4)c3)c2)cc1. The minimum Gasteiger partial charge on any atom is -0.438 e. The highest BCUT2D eigenvalue weighted by atomic mass is 16.3. The van der Waals surface area contributed by atoms with Gasteiger partial charge in [0.05, 0.1) is 11.1 Å². The molecule has 0 saturated carbocycles. The molecule has 3 nitrogen and oxygen atoms in total. The Balaban J connectivity index is 1.14. The zero-order chi connectivity index (χ0) is 32.6. The van der Waals surface area contributed by atoms with E-state index in [1.165, 1.54) is 22.3 Å². The lowest BCUT2D eigenvalue weighted by Crippen LogP contribution is -1.94. The third kappa shape index (κ3) is 5.48. The molecule has 0 aliphatic heterocycles. The average molecular weight is 627 g/mol. The quantitative estimate of drug-likeness (QED) is 0.184. The highest BCUT2D eigenvalue weighted by Crippen LogP contribution is 2.38. The summed E-state index contributed by atoms with van der Waals surface area (Å²) in [7, 11) is 0. The number of furan rings is 1. The van der Waals surface area contributed by atoms with Crippen LogP contribution in [-0.2, 0) is 0 Å². The molecule has 3 heteroatoms. The summed E-state index contributed by atoms with van der Waals surface area (Å²) < 4.78 is 6.36. The maximum atomic E-state index is 6.36. The van der Waals surface area contributed by atoms with Crippen LogP contribution in [0.2, 0.25) is 0 Å². The fourth-order valence-electron chi connectivity index (χ4n) is 6.66. The molecule has 7 aromatic carbocycles. The van der Waals surface area contributed by atoms with Crippen molar-refractivity contribution in [3.63, 3.8) is 0 Å². The van der Waals surface area contributed by atoms with Crippen LogP contribution < -0.4 is 0 Å². The molecule has 0 spiro atoms. The number of fused-ring (bicyclic) bond motifs is 3. The van der Waals surface area contributed by atoms with Crippen molar-refractivity contribution in [2.75, 3.05) is 0 Å². The molecule has 9 rings (SSSR count). The van der Waals surface area contributed by atoms with Gasteiger partial charge in [0.2, 0.25) is 5.71 Å². The van der Waals surface area contributed by atoms with Crippen molar-refractivity contribution < 1.29 is 4.42 Å². The monoisotopic (exact) mass is 626 g/mol. The topological polar surface area (TPSA) is 38.9 Å². The van der Waals surface area contributed by atoms with Gasteiger partial charge >= 0.3 is 0 Å². The average Bonchev–Trinajstić information content (AvgIpc) is 3.57. The number of rotatable bonds is 6. The molecule has 49 heavy (non-hydrogen) atoms. The molecule has 0 amide bonds. The summed E-state index contributed by atoms with van der Waals surface area (Å²) in [4.78, 5) is 10.3. The van der Waals surface area contributed by atoms with Crippen LogP contribution >= 0.6 is 0 Å². The van der Waals surface area contributed by atoms with E-state index in [9.17, 15) is 0 Å². The summed E-state index contributed by atoms with van der Waals surface area (Å²) in [6, 6.07) is 63.5. The Bertz CT molecular complexity index is 2600. The van der Waals surface area contributed by atoms with Gasteiger partial charge in [0.25, 0.3) is 0 Å². The lowest BCUT2D eigenvalue weighted by molar-refractivity contribution is 0.653. The number of hydrogen-bond donors (Lipinski definition) is 0. The zero-order valence-electron chi connectivity index (χ0n) is 26.6. The van der Waals surface area contributed by atoms with E-state index >= 15 is 0 Å². The molecular formula is C46H30N2O. The smallest absolute Gasteiger partial charge is 0.231 e. The van der Waals surface area contributed by atoms with Gasteiger partial charge in [-0.1, -0.05) is 152 Å². The highest BCUT2D eigenvalue weighted by molar-refractivity contribution is 6.10. The maximum absolute atomic E-state index is 6.36. The largest absolute Gasteiger partial charge is 0.438 e. The van der Waals surface area contributed by atoms with Crippen LogP contribution in [0.3, 0.4) is 0 Å². The number of nitrogens with zero attached hydrogens (tertiary/aromatic N) is 2. The number of aromatic nitrogens is 2. The maximum Gasteiger partial charge on any atom is 0.231 e. The summed E-state index contributed by atoms with van der Waals surface area (Å²) in [5.74, 6) is 0.625. The number of para-hydroxylation sites is 1. The molecule has 2 aromatic heterocycles. The van der Waals surface area contributed by atoms with Crippen molar-refractivity contribution in [2.24, 2.45) is 0 Å². The van der Waals surface area contributed by atoms with Crippen molar-refractivity contribution in [3.05, 3.63) is 182 Å². The van der Waals surface area contributed by atoms with E-state index in [4.69, 9.17) is 14.4 Å². The minimum absolute atomic E-state index is 0.581. The summed E-state index contributed by atoms with van der Waals surface area (Å²) >= 11 is 0. The second-order valence-electron chi connectivity index (χ2n) is 12.2. The van der Waals surface area contributed by atoms with E-state index in [-0.39, 0.29) is 0 Å². The number of hydrogen-bond acceptors (Lipinski definition) is 3. The van der Waals surface area contributed by atoms with E-state index in [1.54, 1.807) is 0 Å². The molecule has 230 valence electrons. The van der Waals surface area contributed by atoms with Gasteiger partial charge in [-0.15, -0.1) is 0 Å². The van der Waals surface area contributed by atoms with E-state index in [2.05, 4.69) is 158 Å². The molecule has 0 aliphatic rings. The van der Waals surface area contributed by atoms with Crippen LogP contribution in [-0.4, -0.2) is 9.97 Å². The Labute approximate surface area is 284 Å². The molecule has 0 fully saturated rings. The fourth-order valence-corrected chi connectivity index (χ4v) is 6.66. The second kappa shape index (κ2) is 12.2. The van der Waals surface area contributed by atoms with Gasteiger partial charge in [-0.25, -0.2) is 4.98 Å². The Morgan fingerprint density at radius 3 is 1.31 bits per heavy atom. The second-order valence-corrected chi connectivity index (χ2v) is 12.2. The summed E-state index contributed by atoms with van der Waals surface area (Å²) in [6.07, 6.45) is 0. The van der Waals surface area contributed by atoms with Gasteiger partial charge in [-0.3, -0.25) is 0 Å². The van der Waals surface area contributed by atoms with Crippen molar-refractivity contribution in [2.45, 2.75) is 0 Å². The molecule has 9 aromatic rings. The van der Waals surface area contributed by atoms with Crippen LogP contribution in [0, 0.1) is 0 Å². The van der Waals surface area contributed by atoms with Crippen LogP contribution in [0.25, 0.3) is 89.2 Å². The van der Waals surface area contributed by atoms with E-state index in [1.807, 2.05) is 24.3 Å². The molecule has 0 aliphatic carbocycles. The van der Waals surface area contributed by atoms with E-state index in [0.29, 0.717) is 11.5 Å². The van der Waals surface area contributed by atoms with Gasteiger partial charge in [0, 0.05) is 16.5 Å². The van der Waals surface area contributed by atoms with Gasteiger partial charge in [0.15, 0.2) is 5.82 Å². The van der Waals surface area contributed by atoms with Crippen LogP contribution in [0.5, 0.6) is 0 Å². The summed E-state index contributed by atoms with van der Waals surface area (Å²) in [5, 5.41) is 1.93. The van der Waals surface area contributed by atoms with Gasteiger partial charge in [-0.05, 0) is 74.8 Å². The molecule has 0 bridgehead atoms. The van der Waals surface area contributed by atoms with Gasteiger partial charge in [0.1, 0.15) is 5.58 Å². The normalized spacial score (nSPS) is 11.3. The van der Waals surface area contributed by atoms with Crippen molar-refractivity contribution in [3.8, 4) is 67.2 Å². The first-order valence-electron chi connectivity index (χ1n) is 16.5. The highest BCUT2D eigenvalue weighted by Gasteiger charge is 2.19. The summed E-state index contributed by atoms with van der Waals surface area (Å²) in [6.45, 7) is 0. The van der Waals surface area contributed by atoms with Crippen molar-refractivity contribution >= 4 is 22.1 Å². The summed E-state index contributed by atoms with van der Waals surface area (Å²) in [5.41, 5.74) is 13.5.